The van der Waals surface area contributed by atoms with Crippen LogP contribution in [0.2, 0.25) is 10.0 Å². The molecule has 224 valence electrons. The number of nitrogens with one attached hydrogen (secondary N) is 3. The summed E-state index contributed by atoms with van der Waals surface area (Å²) < 4.78 is 0. The van der Waals surface area contributed by atoms with E-state index in [1.165, 1.54) is 24.0 Å². The zero-order chi connectivity index (χ0) is 31.6. The lowest BCUT2D eigenvalue weighted by molar-refractivity contribution is -0.116. The monoisotopic (exact) mass is 652 g/mol. The molecule has 0 radical (unpaired) electrons. The summed E-state index contributed by atoms with van der Waals surface area (Å²) in [6.07, 6.45) is 2.99. The number of hydrogen-bond donors (Lipinski definition) is 3. The molecular formula is C35H26Cl2N4O3S. The molecule has 1 aromatic heterocycles. The first-order valence-electron chi connectivity index (χ1n) is 13.7. The number of halogens is 2. The summed E-state index contributed by atoms with van der Waals surface area (Å²) in [5, 5.41) is 8.69. The number of aromatic nitrogens is 1. The lowest BCUT2D eigenvalue weighted by Gasteiger charge is -2.17. The number of anilines is 2. The van der Waals surface area contributed by atoms with Gasteiger partial charge in [0.05, 0.1) is 5.02 Å². The molecule has 4 aromatic carbocycles. The third kappa shape index (κ3) is 8.83. The molecule has 0 aliphatic heterocycles. The van der Waals surface area contributed by atoms with Crippen LogP contribution in [0.5, 0.6) is 0 Å². The van der Waals surface area contributed by atoms with Gasteiger partial charge < -0.3 is 16.0 Å². The van der Waals surface area contributed by atoms with Crippen LogP contribution in [0.15, 0.2) is 138 Å². The Bertz CT molecular complexity index is 1840. The Morgan fingerprint density at radius 1 is 0.756 bits per heavy atom. The van der Waals surface area contributed by atoms with Crippen LogP contribution in [-0.2, 0) is 9.59 Å². The van der Waals surface area contributed by atoms with Crippen molar-refractivity contribution in [3.63, 3.8) is 0 Å². The SMILES string of the molecule is O=C(Nc1cccc(SC(C(=O)Nc2ccc(Cl)cn2)c2ccccc2)c1)/C(=C\c1ccccc1Cl)NC(=O)c1ccccc1. The standard InChI is InChI=1S/C35H26Cl2N4O3S/c36-26-18-19-31(38-22-26)41-35(44)32(23-10-3-1-4-11-23)45-28-16-9-15-27(21-28)39-34(43)30(20-25-14-7-8-17-29(25)37)40-33(42)24-12-5-2-6-13-24/h1-22,32H,(H,39,43)(H,40,42)(H,38,41,44)/b30-20+. The van der Waals surface area contributed by atoms with Crippen LogP contribution in [0.25, 0.3) is 6.08 Å². The number of thioether (sulfide) groups is 1. The van der Waals surface area contributed by atoms with Gasteiger partial charge in [-0.2, -0.15) is 0 Å². The summed E-state index contributed by atoms with van der Waals surface area (Å²) in [6, 6.07) is 35.4. The Morgan fingerprint density at radius 2 is 1.47 bits per heavy atom. The highest BCUT2D eigenvalue weighted by molar-refractivity contribution is 8.00. The van der Waals surface area contributed by atoms with Crippen LogP contribution in [0.3, 0.4) is 0 Å². The summed E-state index contributed by atoms with van der Waals surface area (Å²) in [6.45, 7) is 0. The molecule has 1 unspecified atom stereocenters. The van der Waals surface area contributed by atoms with Crippen LogP contribution in [0.1, 0.15) is 26.7 Å². The van der Waals surface area contributed by atoms with Crippen molar-refractivity contribution in [3.8, 4) is 0 Å². The lowest BCUT2D eigenvalue weighted by Crippen LogP contribution is -2.30. The van der Waals surface area contributed by atoms with Gasteiger partial charge in [0.15, 0.2) is 0 Å². The van der Waals surface area contributed by atoms with Crippen LogP contribution >= 0.6 is 35.0 Å². The predicted molar refractivity (Wildman–Crippen MR) is 181 cm³/mol. The fourth-order valence-corrected chi connectivity index (χ4v) is 5.60. The minimum Gasteiger partial charge on any atom is -0.321 e. The molecule has 0 bridgehead atoms. The maximum Gasteiger partial charge on any atom is 0.272 e. The fraction of sp³-hybridized carbons (Fsp3) is 0.0286. The number of pyridine rings is 1. The molecular weight excluding hydrogens is 627 g/mol. The van der Waals surface area contributed by atoms with Crippen LogP contribution in [0.4, 0.5) is 11.5 Å². The first-order valence-corrected chi connectivity index (χ1v) is 15.4. The number of hydrogen-bond acceptors (Lipinski definition) is 5. The topological polar surface area (TPSA) is 100 Å². The van der Waals surface area contributed by atoms with Gasteiger partial charge >= 0.3 is 0 Å². The second-order valence-corrected chi connectivity index (χ2v) is 11.7. The minimum absolute atomic E-state index is 0.00649. The first kappa shape index (κ1) is 31.5. The fourth-order valence-electron chi connectivity index (χ4n) is 4.21. The molecule has 0 aliphatic carbocycles. The Morgan fingerprint density at radius 3 is 2.18 bits per heavy atom. The van der Waals surface area contributed by atoms with E-state index in [-0.39, 0.29) is 11.6 Å². The van der Waals surface area contributed by atoms with Crippen LogP contribution < -0.4 is 16.0 Å². The Labute approximate surface area is 274 Å². The van der Waals surface area contributed by atoms with Crippen molar-refractivity contribution in [3.05, 3.63) is 160 Å². The van der Waals surface area contributed by atoms with Gasteiger partial charge in [-0.3, -0.25) is 14.4 Å². The second-order valence-electron chi connectivity index (χ2n) is 9.64. The van der Waals surface area contributed by atoms with Gasteiger partial charge in [-0.25, -0.2) is 4.98 Å². The average molecular weight is 654 g/mol. The number of amides is 3. The third-order valence-electron chi connectivity index (χ3n) is 6.40. The summed E-state index contributed by atoms with van der Waals surface area (Å²) in [7, 11) is 0. The molecule has 1 heterocycles. The van der Waals surface area contributed by atoms with E-state index in [0.717, 1.165) is 10.5 Å². The lowest BCUT2D eigenvalue weighted by atomic mass is 10.1. The van der Waals surface area contributed by atoms with E-state index >= 15 is 0 Å². The number of carbonyl (C=O) groups is 3. The van der Waals surface area contributed by atoms with Gasteiger partial charge in [0.25, 0.3) is 11.8 Å². The highest BCUT2D eigenvalue weighted by Gasteiger charge is 2.23. The van der Waals surface area contributed by atoms with Gasteiger partial charge in [-0.1, -0.05) is 96.0 Å². The largest absolute Gasteiger partial charge is 0.321 e. The molecule has 1 atom stereocenters. The van der Waals surface area contributed by atoms with E-state index in [4.69, 9.17) is 23.2 Å². The maximum absolute atomic E-state index is 13.6. The summed E-state index contributed by atoms with van der Waals surface area (Å²) >= 11 is 13.6. The molecule has 0 saturated carbocycles. The van der Waals surface area contributed by atoms with Crippen molar-refractivity contribution in [1.82, 2.24) is 10.3 Å². The molecule has 0 spiro atoms. The Kier molecular flexibility index (Phi) is 10.7. The quantitative estimate of drug-likeness (QED) is 0.104. The molecule has 0 fully saturated rings. The van der Waals surface area contributed by atoms with Gasteiger partial charge in [0.1, 0.15) is 16.8 Å². The van der Waals surface area contributed by atoms with E-state index in [1.54, 1.807) is 84.9 Å². The predicted octanol–water partition coefficient (Wildman–Crippen LogP) is 8.27. The Balaban J connectivity index is 1.38. The van der Waals surface area contributed by atoms with Gasteiger partial charge in [-0.15, -0.1) is 11.8 Å². The minimum atomic E-state index is -0.629. The van der Waals surface area contributed by atoms with E-state index < -0.39 is 17.1 Å². The second kappa shape index (κ2) is 15.2. The van der Waals surface area contributed by atoms with Gasteiger partial charge in [0, 0.05) is 27.4 Å². The van der Waals surface area contributed by atoms with Crippen molar-refractivity contribution < 1.29 is 14.4 Å². The molecule has 5 rings (SSSR count). The smallest absolute Gasteiger partial charge is 0.272 e. The van der Waals surface area contributed by atoms with Crippen molar-refractivity contribution in [2.45, 2.75) is 10.1 Å². The summed E-state index contributed by atoms with van der Waals surface area (Å²) in [5.41, 5.74) is 2.22. The zero-order valence-corrected chi connectivity index (χ0v) is 25.9. The van der Waals surface area contributed by atoms with Crippen LogP contribution in [0, 0.1) is 0 Å². The molecule has 0 saturated heterocycles. The molecule has 3 amide bonds. The average Bonchev–Trinajstić information content (AvgIpc) is 3.06. The van der Waals surface area contributed by atoms with E-state index in [9.17, 15) is 14.4 Å². The van der Waals surface area contributed by atoms with Gasteiger partial charge in [-0.05, 0) is 65.7 Å². The van der Waals surface area contributed by atoms with Gasteiger partial charge in [0.2, 0.25) is 5.91 Å². The number of nitrogens with zero attached hydrogens (tertiary/aromatic N) is 1. The van der Waals surface area contributed by atoms with Crippen molar-refractivity contribution >= 4 is 70.3 Å². The third-order valence-corrected chi connectivity index (χ3v) is 8.21. The Hall–Kier alpha value is -4.89. The highest BCUT2D eigenvalue weighted by atomic mass is 35.5. The summed E-state index contributed by atoms with van der Waals surface area (Å²) in [4.78, 5) is 44.9. The number of carbonyl (C=O) groups excluding carboxylic acids is 3. The molecule has 5 aromatic rings. The van der Waals surface area contributed by atoms with E-state index in [0.29, 0.717) is 32.7 Å². The molecule has 0 aliphatic rings. The number of rotatable bonds is 10. The van der Waals surface area contributed by atoms with Crippen molar-refractivity contribution in [2.24, 2.45) is 0 Å². The molecule has 10 heteroatoms. The zero-order valence-electron chi connectivity index (χ0n) is 23.6. The van der Waals surface area contributed by atoms with E-state index in [1.807, 2.05) is 36.4 Å². The summed E-state index contributed by atoms with van der Waals surface area (Å²) in [5.74, 6) is -0.890. The van der Waals surface area contributed by atoms with Crippen molar-refractivity contribution in [2.75, 3.05) is 10.6 Å². The van der Waals surface area contributed by atoms with Crippen LogP contribution in [-0.4, -0.2) is 22.7 Å². The molecule has 3 N–H and O–H groups in total. The van der Waals surface area contributed by atoms with E-state index in [2.05, 4.69) is 20.9 Å². The highest BCUT2D eigenvalue weighted by Crippen LogP contribution is 2.37. The maximum atomic E-state index is 13.6. The first-order chi connectivity index (χ1) is 21.9. The van der Waals surface area contributed by atoms with Crippen molar-refractivity contribution in [1.29, 1.82) is 0 Å². The molecule has 7 nitrogen and oxygen atoms in total. The number of benzene rings is 4. The molecule has 45 heavy (non-hydrogen) atoms. The normalized spacial score (nSPS) is 11.7.